The Morgan fingerprint density at radius 2 is 2.15 bits per heavy atom. The van der Waals surface area contributed by atoms with E-state index in [2.05, 4.69) is 14.5 Å². The molecule has 0 unspecified atom stereocenters. The summed E-state index contributed by atoms with van der Waals surface area (Å²) in [6.07, 6.45) is 5.97. The molecule has 72 valence electrons. The van der Waals surface area contributed by atoms with Crippen LogP contribution in [0.3, 0.4) is 0 Å². The monoisotopic (exact) mass is 180 g/mol. The van der Waals surface area contributed by atoms with Crippen molar-refractivity contribution in [2.24, 2.45) is 12.8 Å². The predicted octanol–water partition coefficient (Wildman–Crippen LogP) is 0.348. The zero-order chi connectivity index (χ0) is 9.26. The number of hydrogen-bond acceptors (Lipinski definition) is 3. The van der Waals surface area contributed by atoms with E-state index in [0.717, 1.165) is 31.9 Å². The van der Waals surface area contributed by atoms with Crippen molar-refractivity contribution in [3.05, 3.63) is 12.4 Å². The maximum absolute atomic E-state index is 5.83. The molecule has 0 amide bonds. The van der Waals surface area contributed by atoms with E-state index in [-0.39, 0.29) is 0 Å². The maximum Gasteiger partial charge on any atom is 0.205 e. The second kappa shape index (κ2) is 3.38. The average Bonchev–Trinajstić information content (AvgIpc) is 2.53. The summed E-state index contributed by atoms with van der Waals surface area (Å²) in [4.78, 5) is 6.61. The van der Waals surface area contributed by atoms with E-state index in [0.29, 0.717) is 6.04 Å². The molecule has 0 bridgehead atoms. The molecule has 1 aliphatic rings. The van der Waals surface area contributed by atoms with Gasteiger partial charge in [-0.1, -0.05) is 0 Å². The molecule has 1 aromatic rings. The first kappa shape index (κ1) is 8.56. The molecule has 4 nitrogen and oxygen atoms in total. The molecule has 4 heteroatoms. The summed E-state index contributed by atoms with van der Waals surface area (Å²) >= 11 is 0. The van der Waals surface area contributed by atoms with Crippen LogP contribution in [0.15, 0.2) is 12.4 Å². The minimum atomic E-state index is 0.386. The Hall–Kier alpha value is -1.03. The van der Waals surface area contributed by atoms with Gasteiger partial charge in [-0.05, 0) is 12.8 Å². The molecule has 1 aliphatic heterocycles. The summed E-state index contributed by atoms with van der Waals surface area (Å²) in [5.41, 5.74) is 5.83. The van der Waals surface area contributed by atoms with E-state index in [9.17, 15) is 0 Å². The van der Waals surface area contributed by atoms with E-state index in [1.165, 1.54) is 0 Å². The first-order chi connectivity index (χ1) is 6.27. The molecule has 1 aromatic heterocycles. The van der Waals surface area contributed by atoms with Crippen LogP contribution in [0, 0.1) is 0 Å². The Balaban J connectivity index is 2.06. The SMILES string of the molecule is Cn1ccnc1N1CCC(N)CC1. The van der Waals surface area contributed by atoms with E-state index >= 15 is 0 Å². The molecule has 2 rings (SSSR count). The van der Waals surface area contributed by atoms with E-state index in [1.54, 1.807) is 0 Å². The number of aryl methyl sites for hydroxylation is 1. The van der Waals surface area contributed by atoms with E-state index in [4.69, 9.17) is 5.73 Å². The van der Waals surface area contributed by atoms with Crippen LogP contribution in [-0.2, 0) is 7.05 Å². The summed E-state index contributed by atoms with van der Waals surface area (Å²) in [5.74, 6) is 1.06. The fourth-order valence-electron chi connectivity index (χ4n) is 1.76. The van der Waals surface area contributed by atoms with Crippen LogP contribution in [0.4, 0.5) is 5.95 Å². The lowest BCUT2D eigenvalue weighted by Crippen LogP contribution is -2.40. The van der Waals surface area contributed by atoms with Crippen LogP contribution in [0.2, 0.25) is 0 Å². The third kappa shape index (κ3) is 1.67. The molecule has 1 saturated heterocycles. The van der Waals surface area contributed by atoms with Crippen LogP contribution in [0.1, 0.15) is 12.8 Å². The van der Waals surface area contributed by atoms with Gasteiger partial charge in [0.1, 0.15) is 0 Å². The van der Waals surface area contributed by atoms with Gasteiger partial charge in [-0.3, -0.25) is 0 Å². The van der Waals surface area contributed by atoms with Crippen molar-refractivity contribution in [3.63, 3.8) is 0 Å². The van der Waals surface area contributed by atoms with Gasteiger partial charge in [0.25, 0.3) is 0 Å². The summed E-state index contributed by atoms with van der Waals surface area (Å²) < 4.78 is 2.05. The second-order valence-corrected chi connectivity index (χ2v) is 3.66. The van der Waals surface area contributed by atoms with Crippen LogP contribution in [0.5, 0.6) is 0 Å². The van der Waals surface area contributed by atoms with Gasteiger partial charge in [0.05, 0.1) is 0 Å². The van der Waals surface area contributed by atoms with Gasteiger partial charge < -0.3 is 15.2 Å². The average molecular weight is 180 g/mol. The number of nitrogens with zero attached hydrogens (tertiary/aromatic N) is 3. The largest absolute Gasteiger partial charge is 0.342 e. The van der Waals surface area contributed by atoms with Crippen molar-refractivity contribution in [3.8, 4) is 0 Å². The number of imidazole rings is 1. The Bertz CT molecular complexity index is 273. The third-order valence-corrected chi connectivity index (χ3v) is 2.62. The maximum atomic E-state index is 5.83. The van der Waals surface area contributed by atoms with Crippen LogP contribution >= 0.6 is 0 Å². The molecule has 0 aromatic carbocycles. The zero-order valence-electron chi connectivity index (χ0n) is 7.98. The van der Waals surface area contributed by atoms with Crippen molar-refractivity contribution >= 4 is 5.95 Å². The highest BCUT2D eigenvalue weighted by atomic mass is 15.3. The Kier molecular flexibility index (Phi) is 2.22. The predicted molar refractivity (Wildman–Crippen MR) is 52.6 cm³/mol. The fourth-order valence-corrected chi connectivity index (χ4v) is 1.76. The highest BCUT2D eigenvalue weighted by Crippen LogP contribution is 2.15. The fraction of sp³-hybridized carbons (Fsp3) is 0.667. The van der Waals surface area contributed by atoms with Gasteiger partial charge >= 0.3 is 0 Å². The van der Waals surface area contributed by atoms with E-state index in [1.807, 2.05) is 19.4 Å². The van der Waals surface area contributed by atoms with E-state index < -0.39 is 0 Å². The highest BCUT2D eigenvalue weighted by molar-refractivity contribution is 5.31. The number of aromatic nitrogens is 2. The zero-order valence-corrected chi connectivity index (χ0v) is 7.98. The second-order valence-electron chi connectivity index (χ2n) is 3.66. The number of anilines is 1. The number of rotatable bonds is 1. The number of piperidine rings is 1. The van der Waals surface area contributed by atoms with Crippen LogP contribution in [-0.4, -0.2) is 28.7 Å². The van der Waals surface area contributed by atoms with Gasteiger partial charge in [0, 0.05) is 38.6 Å². The van der Waals surface area contributed by atoms with Crippen molar-refractivity contribution in [1.29, 1.82) is 0 Å². The molecule has 0 spiro atoms. The minimum Gasteiger partial charge on any atom is -0.342 e. The van der Waals surface area contributed by atoms with Gasteiger partial charge in [-0.25, -0.2) is 4.98 Å². The van der Waals surface area contributed by atoms with Gasteiger partial charge in [0.15, 0.2) is 0 Å². The van der Waals surface area contributed by atoms with Crippen LogP contribution in [0.25, 0.3) is 0 Å². The molecular formula is C9H16N4. The topological polar surface area (TPSA) is 47.1 Å². The van der Waals surface area contributed by atoms with Crippen molar-refractivity contribution < 1.29 is 0 Å². The summed E-state index contributed by atoms with van der Waals surface area (Å²) in [6.45, 7) is 2.07. The lowest BCUT2D eigenvalue weighted by atomic mass is 10.1. The number of hydrogen-bond donors (Lipinski definition) is 1. The molecule has 1 fully saturated rings. The molecule has 0 radical (unpaired) electrons. The Labute approximate surface area is 78.4 Å². The van der Waals surface area contributed by atoms with Crippen molar-refractivity contribution in [1.82, 2.24) is 9.55 Å². The lowest BCUT2D eigenvalue weighted by Gasteiger charge is -2.30. The first-order valence-corrected chi connectivity index (χ1v) is 4.75. The smallest absolute Gasteiger partial charge is 0.205 e. The standard InChI is InChI=1S/C9H16N4/c1-12-7-4-11-9(12)13-5-2-8(10)3-6-13/h4,7-8H,2-3,5-6,10H2,1H3. The quantitative estimate of drug-likeness (QED) is 0.678. The van der Waals surface area contributed by atoms with Crippen molar-refractivity contribution in [2.45, 2.75) is 18.9 Å². The van der Waals surface area contributed by atoms with Crippen molar-refractivity contribution in [2.75, 3.05) is 18.0 Å². The Morgan fingerprint density at radius 1 is 1.46 bits per heavy atom. The van der Waals surface area contributed by atoms with Gasteiger partial charge in [-0.15, -0.1) is 0 Å². The third-order valence-electron chi connectivity index (χ3n) is 2.62. The first-order valence-electron chi connectivity index (χ1n) is 4.75. The molecule has 0 atom stereocenters. The molecule has 0 saturated carbocycles. The molecule has 2 N–H and O–H groups in total. The lowest BCUT2D eigenvalue weighted by molar-refractivity contribution is 0.492. The molecule has 13 heavy (non-hydrogen) atoms. The minimum absolute atomic E-state index is 0.386. The van der Waals surface area contributed by atoms with Gasteiger partial charge in [0.2, 0.25) is 5.95 Å². The van der Waals surface area contributed by atoms with Crippen LogP contribution < -0.4 is 10.6 Å². The normalized spacial score (nSPS) is 19.4. The van der Waals surface area contributed by atoms with Gasteiger partial charge in [-0.2, -0.15) is 0 Å². The summed E-state index contributed by atoms with van der Waals surface area (Å²) in [6, 6.07) is 0.386. The number of nitrogens with two attached hydrogens (primary N) is 1. The molecule has 2 heterocycles. The summed E-state index contributed by atoms with van der Waals surface area (Å²) in [5, 5.41) is 0. The molecule has 0 aliphatic carbocycles. The highest BCUT2D eigenvalue weighted by Gasteiger charge is 2.18. The Morgan fingerprint density at radius 3 is 2.69 bits per heavy atom. The summed E-state index contributed by atoms with van der Waals surface area (Å²) in [7, 11) is 2.02. The molecular weight excluding hydrogens is 164 g/mol.